The highest BCUT2D eigenvalue weighted by molar-refractivity contribution is 5.50. The molecule has 1 aromatic carbocycles. The van der Waals surface area contributed by atoms with Gasteiger partial charge in [0.05, 0.1) is 13.2 Å². The fraction of sp³-hybridized carbons (Fsp3) is 0.667. The summed E-state index contributed by atoms with van der Waals surface area (Å²) < 4.78 is 39.4. The summed E-state index contributed by atoms with van der Waals surface area (Å²) in [5, 5.41) is 3.67. The fourth-order valence-corrected chi connectivity index (χ4v) is 4.23. The van der Waals surface area contributed by atoms with Gasteiger partial charge in [-0.2, -0.15) is 0 Å². The lowest BCUT2D eigenvalue weighted by molar-refractivity contribution is -0.179. The molecule has 132 valence electrons. The summed E-state index contributed by atoms with van der Waals surface area (Å²) in [6.07, 6.45) is 4.78. The highest BCUT2D eigenvalue weighted by Crippen LogP contribution is 2.36. The molecule has 1 aliphatic carbocycles. The lowest BCUT2D eigenvalue weighted by Gasteiger charge is -2.36. The van der Waals surface area contributed by atoms with Crippen LogP contribution in [-0.2, 0) is 9.47 Å². The largest absolute Gasteiger partial charge is 0.365 e. The predicted octanol–water partition coefficient (Wildman–Crippen LogP) is 2.82. The van der Waals surface area contributed by atoms with E-state index in [1.165, 1.54) is 18.2 Å². The number of nitrogens with one attached hydrogen (secondary N) is 1. The summed E-state index contributed by atoms with van der Waals surface area (Å²) in [5.74, 6) is -1.30. The second kappa shape index (κ2) is 6.58. The van der Waals surface area contributed by atoms with Gasteiger partial charge in [-0.3, -0.25) is 0 Å². The van der Waals surface area contributed by atoms with Crippen LogP contribution in [0.2, 0.25) is 0 Å². The molecule has 3 fully saturated rings. The molecule has 4 rings (SSSR count). The second-order valence-corrected chi connectivity index (χ2v) is 7.05. The SMILES string of the molecule is Fc1cccc(F)c1N1CCC(NC2CCC3(CC2)OCCO3)C1. The molecule has 3 aliphatic rings. The molecule has 1 atom stereocenters. The Hall–Kier alpha value is -1.24. The van der Waals surface area contributed by atoms with Gasteiger partial charge in [0.25, 0.3) is 0 Å². The minimum atomic E-state index is -0.481. The number of nitrogens with zero attached hydrogens (tertiary/aromatic N) is 1. The lowest BCUT2D eigenvalue weighted by atomic mass is 9.89. The number of anilines is 1. The van der Waals surface area contributed by atoms with Gasteiger partial charge in [0, 0.05) is 38.0 Å². The molecule has 4 nitrogen and oxygen atoms in total. The highest BCUT2D eigenvalue weighted by Gasteiger charge is 2.41. The monoisotopic (exact) mass is 338 g/mol. The zero-order valence-corrected chi connectivity index (χ0v) is 13.8. The van der Waals surface area contributed by atoms with Gasteiger partial charge in [-0.05, 0) is 31.4 Å². The van der Waals surface area contributed by atoms with Crippen LogP contribution in [0.15, 0.2) is 18.2 Å². The quantitative estimate of drug-likeness (QED) is 0.919. The molecule has 2 heterocycles. The minimum Gasteiger partial charge on any atom is -0.365 e. The topological polar surface area (TPSA) is 33.7 Å². The van der Waals surface area contributed by atoms with Crippen molar-refractivity contribution in [2.24, 2.45) is 0 Å². The summed E-state index contributed by atoms with van der Waals surface area (Å²) in [4.78, 5) is 1.82. The van der Waals surface area contributed by atoms with Crippen LogP contribution in [0, 0.1) is 11.6 Å². The first kappa shape index (κ1) is 16.2. The van der Waals surface area contributed by atoms with Crippen molar-refractivity contribution in [3.8, 4) is 0 Å². The Morgan fingerprint density at radius 3 is 2.33 bits per heavy atom. The van der Waals surface area contributed by atoms with E-state index < -0.39 is 11.6 Å². The van der Waals surface area contributed by atoms with Crippen molar-refractivity contribution in [2.45, 2.75) is 50.0 Å². The Morgan fingerprint density at radius 1 is 1.00 bits per heavy atom. The summed E-state index contributed by atoms with van der Waals surface area (Å²) in [7, 11) is 0. The van der Waals surface area contributed by atoms with Crippen LogP contribution in [0.1, 0.15) is 32.1 Å². The Balaban J connectivity index is 1.32. The zero-order chi connectivity index (χ0) is 16.6. The van der Waals surface area contributed by atoms with Gasteiger partial charge >= 0.3 is 0 Å². The second-order valence-electron chi connectivity index (χ2n) is 7.05. The van der Waals surface area contributed by atoms with E-state index in [2.05, 4.69) is 5.32 Å². The van der Waals surface area contributed by atoms with Gasteiger partial charge in [0.15, 0.2) is 5.79 Å². The first-order valence-electron chi connectivity index (χ1n) is 8.88. The molecule has 0 aromatic heterocycles. The molecular weight excluding hydrogens is 314 g/mol. The van der Waals surface area contributed by atoms with Gasteiger partial charge in [-0.1, -0.05) is 6.07 Å². The van der Waals surface area contributed by atoms with E-state index in [9.17, 15) is 8.78 Å². The number of benzene rings is 1. The number of ether oxygens (including phenoxy) is 2. The predicted molar refractivity (Wildman–Crippen MR) is 87.0 cm³/mol. The van der Waals surface area contributed by atoms with Crippen molar-refractivity contribution in [1.29, 1.82) is 0 Å². The molecule has 0 radical (unpaired) electrons. The maximum absolute atomic E-state index is 13.9. The summed E-state index contributed by atoms with van der Waals surface area (Å²) in [6.45, 7) is 2.72. The van der Waals surface area contributed by atoms with E-state index in [0.29, 0.717) is 32.3 Å². The third-order valence-electron chi connectivity index (χ3n) is 5.47. The fourth-order valence-electron chi connectivity index (χ4n) is 4.23. The standard InChI is InChI=1S/C18H24F2N2O2/c19-15-2-1-3-16(20)17(15)22-9-6-14(12-22)21-13-4-7-18(8-5-13)23-10-11-24-18/h1-3,13-14,21H,4-12H2. The maximum Gasteiger partial charge on any atom is 0.168 e. The van der Waals surface area contributed by atoms with Crippen molar-refractivity contribution >= 4 is 5.69 Å². The van der Waals surface area contributed by atoms with Gasteiger partial charge in [0.2, 0.25) is 0 Å². The lowest BCUT2D eigenvalue weighted by Crippen LogP contribution is -2.46. The van der Waals surface area contributed by atoms with Crippen molar-refractivity contribution < 1.29 is 18.3 Å². The number of halogens is 2. The molecule has 2 saturated heterocycles. The molecule has 6 heteroatoms. The van der Waals surface area contributed by atoms with E-state index in [1.54, 1.807) is 0 Å². The smallest absolute Gasteiger partial charge is 0.168 e. The average Bonchev–Trinajstić information content (AvgIpc) is 3.20. The molecule has 0 amide bonds. The van der Waals surface area contributed by atoms with E-state index in [-0.39, 0.29) is 17.5 Å². The van der Waals surface area contributed by atoms with Crippen LogP contribution in [0.25, 0.3) is 0 Å². The van der Waals surface area contributed by atoms with E-state index in [1.807, 2.05) is 4.90 Å². The van der Waals surface area contributed by atoms with Gasteiger partial charge in [0.1, 0.15) is 17.3 Å². The molecule has 1 saturated carbocycles. The third-order valence-corrected chi connectivity index (χ3v) is 5.47. The van der Waals surface area contributed by atoms with Crippen LogP contribution in [0.3, 0.4) is 0 Å². The van der Waals surface area contributed by atoms with Crippen molar-refractivity contribution in [2.75, 3.05) is 31.2 Å². The van der Waals surface area contributed by atoms with Gasteiger partial charge < -0.3 is 19.7 Å². The number of hydrogen-bond donors (Lipinski definition) is 1. The van der Waals surface area contributed by atoms with Crippen LogP contribution in [-0.4, -0.2) is 44.2 Å². The third kappa shape index (κ3) is 3.15. The average molecular weight is 338 g/mol. The molecule has 1 unspecified atom stereocenters. The van der Waals surface area contributed by atoms with Crippen molar-refractivity contribution in [3.05, 3.63) is 29.8 Å². The Labute approximate surface area is 141 Å². The van der Waals surface area contributed by atoms with Gasteiger partial charge in [-0.25, -0.2) is 8.78 Å². The minimum absolute atomic E-state index is 0.108. The zero-order valence-electron chi connectivity index (χ0n) is 13.8. The van der Waals surface area contributed by atoms with Crippen LogP contribution in [0.5, 0.6) is 0 Å². The van der Waals surface area contributed by atoms with E-state index >= 15 is 0 Å². The molecule has 24 heavy (non-hydrogen) atoms. The van der Waals surface area contributed by atoms with E-state index in [4.69, 9.17) is 9.47 Å². The number of rotatable bonds is 3. The Kier molecular flexibility index (Phi) is 4.45. The summed E-state index contributed by atoms with van der Waals surface area (Å²) in [5.41, 5.74) is 0.108. The normalized spacial score (nSPS) is 27.2. The highest BCUT2D eigenvalue weighted by atomic mass is 19.1. The molecular formula is C18H24F2N2O2. The molecule has 2 aliphatic heterocycles. The van der Waals surface area contributed by atoms with Crippen LogP contribution >= 0.6 is 0 Å². The summed E-state index contributed by atoms with van der Waals surface area (Å²) >= 11 is 0. The molecule has 0 bridgehead atoms. The Bertz CT molecular complexity index is 562. The van der Waals surface area contributed by atoms with Gasteiger partial charge in [-0.15, -0.1) is 0 Å². The number of hydrogen-bond acceptors (Lipinski definition) is 4. The molecule has 1 aromatic rings. The summed E-state index contributed by atoms with van der Waals surface area (Å²) in [6, 6.07) is 4.75. The van der Waals surface area contributed by atoms with Crippen molar-refractivity contribution in [3.63, 3.8) is 0 Å². The first-order chi connectivity index (χ1) is 11.7. The first-order valence-corrected chi connectivity index (χ1v) is 8.88. The molecule has 1 spiro atoms. The maximum atomic E-state index is 13.9. The van der Waals surface area contributed by atoms with Crippen LogP contribution in [0.4, 0.5) is 14.5 Å². The van der Waals surface area contributed by atoms with E-state index in [0.717, 1.165) is 32.1 Å². The number of para-hydroxylation sites is 1. The van der Waals surface area contributed by atoms with Crippen LogP contribution < -0.4 is 10.2 Å². The Morgan fingerprint density at radius 2 is 1.67 bits per heavy atom. The van der Waals surface area contributed by atoms with Crippen molar-refractivity contribution in [1.82, 2.24) is 5.32 Å². The molecule has 1 N–H and O–H groups in total.